The molecule has 106 valence electrons. The smallest absolute Gasteiger partial charge is 0.419 e. The summed E-state index contributed by atoms with van der Waals surface area (Å²) < 4.78 is 79.6. The molecule has 0 aliphatic rings. The predicted octanol–water partition coefficient (Wildman–Crippen LogP) is 3.09. The molecule has 19 heavy (non-hydrogen) atoms. The highest BCUT2D eigenvalue weighted by Crippen LogP contribution is 2.42. The van der Waals surface area contributed by atoms with E-state index in [0.717, 1.165) is 7.11 Å². The van der Waals surface area contributed by atoms with E-state index in [2.05, 4.69) is 4.74 Å². The van der Waals surface area contributed by atoms with Crippen molar-refractivity contribution in [1.82, 2.24) is 0 Å². The molecule has 2 N–H and O–H groups in total. The van der Waals surface area contributed by atoms with E-state index in [1.807, 2.05) is 0 Å². The zero-order valence-electron chi connectivity index (χ0n) is 9.32. The Hall–Kier alpha value is -1.93. The molecule has 0 bridgehead atoms. The average Bonchev–Trinajstić information content (AvgIpc) is 2.23. The Morgan fingerprint density at radius 3 is 2.00 bits per heavy atom. The molecule has 0 atom stereocenters. The summed E-state index contributed by atoms with van der Waals surface area (Å²) in [7, 11) is 0.802. The minimum Gasteiger partial charge on any atom is -0.465 e. The molecule has 0 spiro atoms. The van der Waals surface area contributed by atoms with Gasteiger partial charge in [0.1, 0.15) is 0 Å². The third-order valence-corrected chi connectivity index (χ3v) is 2.24. The standard InChI is InChI=1S/C10H7F6NO2/c1-19-8(18)4-2-3-5(9(11,12)13)7(17)6(4)10(14,15)16/h2-3H,17H2,1H3. The summed E-state index contributed by atoms with van der Waals surface area (Å²) in [6, 6.07) is 0.685. The molecular weight excluding hydrogens is 280 g/mol. The Labute approximate surface area is 102 Å². The van der Waals surface area contributed by atoms with Crippen LogP contribution >= 0.6 is 0 Å². The first kappa shape index (κ1) is 15.1. The molecule has 3 nitrogen and oxygen atoms in total. The monoisotopic (exact) mass is 287 g/mol. The second kappa shape index (κ2) is 4.63. The highest BCUT2D eigenvalue weighted by atomic mass is 19.4. The van der Waals surface area contributed by atoms with E-state index in [-0.39, 0.29) is 0 Å². The van der Waals surface area contributed by atoms with Crippen LogP contribution in [0.4, 0.5) is 32.0 Å². The van der Waals surface area contributed by atoms with Crippen LogP contribution in [0.2, 0.25) is 0 Å². The molecule has 0 fully saturated rings. The molecule has 0 saturated carbocycles. The van der Waals surface area contributed by atoms with Gasteiger partial charge in [-0.15, -0.1) is 0 Å². The van der Waals surface area contributed by atoms with Crippen LogP contribution in [0.1, 0.15) is 21.5 Å². The van der Waals surface area contributed by atoms with Gasteiger partial charge in [-0.1, -0.05) is 0 Å². The number of rotatable bonds is 1. The van der Waals surface area contributed by atoms with E-state index in [0.29, 0.717) is 12.1 Å². The minimum atomic E-state index is -5.21. The summed E-state index contributed by atoms with van der Waals surface area (Å²) in [5, 5.41) is 0. The maximum absolute atomic E-state index is 12.7. The van der Waals surface area contributed by atoms with Gasteiger partial charge in [-0.25, -0.2) is 4.79 Å². The number of carbonyl (C=O) groups is 1. The molecule has 0 heterocycles. The van der Waals surface area contributed by atoms with Crippen molar-refractivity contribution in [3.63, 3.8) is 0 Å². The van der Waals surface area contributed by atoms with Crippen LogP contribution in [-0.4, -0.2) is 13.1 Å². The van der Waals surface area contributed by atoms with Crippen molar-refractivity contribution in [2.45, 2.75) is 12.4 Å². The summed E-state index contributed by atoms with van der Waals surface area (Å²) in [6.45, 7) is 0. The number of nitrogens with two attached hydrogens (primary N) is 1. The van der Waals surface area contributed by atoms with Gasteiger partial charge in [-0.2, -0.15) is 26.3 Å². The highest BCUT2D eigenvalue weighted by molar-refractivity contribution is 5.93. The van der Waals surface area contributed by atoms with Crippen molar-refractivity contribution in [3.8, 4) is 0 Å². The number of ether oxygens (including phenoxy) is 1. The molecular formula is C10H7F6NO2. The third kappa shape index (κ3) is 2.91. The van der Waals surface area contributed by atoms with Gasteiger partial charge in [-0.05, 0) is 12.1 Å². The Morgan fingerprint density at radius 2 is 1.63 bits per heavy atom. The molecule has 1 rings (SSSR count). The zero-order chi connectivity index (χ0) is 15.0. The quantitative estimate of drug-likeness (QED) is 0.490. The largest absolute Gasteiger partial charge is 0.465 e. The fourth-order valence-electron chi connectivity index (χ4n) is 1.45. The maximum atomic E-state index is 12.7. The number of carbonyl (C=O) groups excluding carboxylic acids is 1. The molecule has 1 aromatic rings. The number of alkyl halides is 6. The number of esters is 1. The van der Waals surface area contributed by atoms with Gasteiger partial charge < -0.3 is 10.5 Å². The van der Waals surface area contributed by atoms with Crippen LogP contribution in [0.5, 0.6) is 0 Å². The molecule has 9 heteroatoms. The molecule has 0 aromatic heterocycles. The van der Waals surface area contributed by atoms with Crippen LogP contribution in [0.15, 0.2) is 12.1 Å². The number of hydrogen-bond acceptors (Lipinski definition) is 3. The maximum Gasteiger partial charge on any atom is 0.419 e. The Balaban J connectivity index is 3.65. The zero-order valence-corrected chi connectivity index (χ0v) is 9.32. The van der Waals surface area contributed by atoms with Crippen molar-refractivity contribution in [3.05, 3.63) is 28.8 Å². The summed E-state index contributed by atoms with van der Waals surface area (Å²) in [6.07, 6.45) is -10.3. The van der Waals surface area contributed by atoms with Crippen molar-refractivity contribution >= 4 is 11.7 Å². The number of anilines is 1. The van der Waals surface area contributed by atoms with Gasteiger partial charge in [0.05, 0.1) is 29.5 Å². The first-order chi connectivity index (χ1) is 8.50. The van der Waals surface area contributed by atoms with E-state index < -0.39 is 40.7 Å². The fraction of sp³-hybridized carbons (Fsp3) is 0.300. The summed E-state index contributed by atoms with van der Waals surface area (Å²) in [5.74, 6) is -1.42. The van der Waals surface area contributed by atoms with E-state index in [9.17, 15) is 31.1 Å². The van der Waals surface area contributed by atoms with E-state index in [1.165, 1.54) is 0 Å². The first-order valence-corrected chi connectivity index (χ1v) is 4.65. The Morgan fingerprint density at radius 1 is 1.11 bits per heavy atom. The second-order valence-corrected chi connectivity index (χ2v) is 3.44. The van der Waals surface area contributed by atoms with Gasteiger partial charge in [-0.3, -0.25) is 0 Å². The number of methoxy groups -OCH3 is 1. The van der Waals surface area contributed by atoms with Crippen molar-refractivity contribution in [2.24, 2.45) is 0 Å². The summed E-state index contributed by atoms with van der Waals surface area (Å²) in [5.41, 5.74) is -1.23. The first-order valence-electron chi connectivity index (χ1n) is 4.65. The number of nitrogen functional groups attached to an aromatic ring is 1. The van der Waals surface area contributed by atoms with Crippen LogP contribution in [0.25, 0.3) is 0 Å². The Kier molecular flexibility index (Phi) is 3.69. The van der Waals surface area contributed by atoms with Crippen LogP contribution < -0.4 is 5.73 Å². The van der Waals surface area contributed by atoms with Crippen molar-refractivity contribution < 1.29 is 35.9 Å². The Bertz CT molecular complexity index is 506. The number of halogens is 6. The lowest BCUT2D eigenvalue weighted by molar-refractivity contribution is -0.142. The lowest BCUT2D eigenvalue weighted by Crippen LogP contribution is -2.20. The lowest BCUT2D eigenvalue weighted by atomic mass is 10.00. The SMILES string of the molecule is COC(=O)c1ccc(C(F)(F)F)c(N)c1C(F)(F)F. The molecule has 0 aliphatic carbocycles. The van der Waals surface area contributed by atoms with Gasteiger partial charge in [0, 0.05) is 0 Å². The topological polar surface area (TPSA) is 52.3 Å². The lowest BCUT2D eigenvalue weighted by Gasteiger charge is -2.18. The molecule has 1 aromatic carbocycles. The van der Waals surface area contributed by atoms with Gasteiger partial charge >= 0.3 is 18.3 Å². The molecule has 0 radical (unpaired) electrons. The number of benzene rings is 1. The molecule has 0 aliphatic heterocycles. The number of hydrogen-bond donors (Lipinski definition) is 1. The van der Waals surface area contributed by atoms with E-state index in [4.69, 9.17) is 5.73 Å². The molecule has 0 unspecified atom stereocenters. The second-order valence-electron chi connectivity index (χ2n) is 3.44. The third-order valence-electron chi connectivity index (χ3n) is 2.24. The predicted molar refractivity (Wildman–Crippen MR) is 52.2 cm³/mol. The van der Waals surface area contributed by atoms with Gasteiger partial charge in [0.25, 0.3) is 0 Å². The van der Waals surface area contributed by atoms with Crippen LogP contribution in [-0.2, 0) is 17.1 Å². The van der Waals surface area contributed by atoms with Crippen LogP contribution in [0, 0.1) is 0 Å². The van der Waals surface area contributed by atoms with Gasteiger partial charge in [0.15, 0.2) is 0 Å². The van der Waals surface area contributed by atoms with Crippen molar-refractivity contribution in [1.29, 1.82) is 0 Å². The normalized spacial score (nSPS) is 12.4. The molecule has 0 amide bonds. The van der Waals surface area contributed by atoms with Gasteiger partial charge in [0.2, 0.25) is 0 Å². The summed E-state index contributed by atoms with van der Waals surface area (Å²) >= 11 is 0. The van der Waals surface area contributed by atoms with Crippen molar-refractivity contribution in [2.75, 3.05) is 12.8 Å². The van der Waals surface area contributed by atoms with E-state index >= 15 is 0 Å². The minimum absolute atomic E-state index is 0.302. The average molecular weight is 287 g/mol. The fourth-order valence-corrected chi connectivity index (χ4v) is 1.45. The summed E-state index contributed by atoms with van der Waals surface area (Å²) in [4.78, 5) is 11.1. The van der Waals surface area contributed by atoms with E-state index in [1.54, 1.807) is 0 Å². The van der Waals surface area contributed by atoms with Crippen LogP contribution in [0.3, 0.4) is 0 Å². The highest BCUT2D eigenvalue weighted by Gasteiger charge is 2.43. The molecule has 0 saturated heterocycles.